The van der Waals surface area contributed by atoms with Crippen molar-refractivity contribution in [1.29, 1.82) is 0 Å². The smallest absolute Gasteiger partial charge is 0.270 e. The molecule has 0 radical (unpaired) electrons. The number of hydrogen-bond acceptors (Lipinski definition) is 8. The number of aromatic nitrogens is 4. The Labute approximate surface area is 186 Å². The van der Waals surface area contributed by atoms with Crippen molar-refractivity contribution >= 4 is 34.7 Å². The van der Waals surface area contributed by atoms with E-state index >= 15 is 0 Å². The number of fused-ring (bicyclic) bond motifs is 1. The zero-order valence-electron chi connectivity index (χ0n) is 17.0. The molecule has 0 unspecified atom stereocenters. The van der Waals surface area contributed by atoms with E-state index < -0.39 is 4.92 Å². The van der Waals surface area contributed by atoms with Gasteiger partial charge in [-0.25, -0.2) is 0 Å². The summed E-state index contributed by atoms with van der Waals surface area (Å²) in [6.45, 7) is 2.37. The first-order chi connectivity index (χ1) is 15.5. The number of benzene rings is 2. The predicted molar refractivity (Wildman–Crippen MR) is 120 cm³/mol. The minimum Gasteiger partial charge on any atom is -0.492 e. The van der Waals surface area contributed by atoms with Crippen LogP contribution in [0.25, 0.3) is 16.9 Å². The van der Waals surface area contributed by atoms with Crippen molar-refractivity contribution in [1.82, 2.24) is 19.8 Å². The number of hydrogen-bond donors (Lipinski definition) is 1. The molecule has 32 heavy (non-hydrogen) atoms. The van der Waals surface area contributed by atoms with Gasteiger partial charge in [-0.15, -0.1) is 10.2 Å². The largest absolute Gasteiger partial charge is 0.492 e. The van der Waals surface area contributed by atoms with Crippen LogP contribution >= 0.6 is 11.8 Å². The molecule has 11 heteroatoms. The molecular formula is C21H18N6O4S. The van der Waals surface area contributed by atoms with Gasteiger partial charge in [-0.3, -0.25) is 14.9 Å². The van der Waals surface area contributed by atoms with E-state index in [-0.39, 0.29) is 17.3 Å². The summed E-state index contributed by atoms with van der Waals surface area (Å²) in [6.07, 6.45) is 0. The summed E-state index contributed by atoms with van der Waals surface area (Å²) in [5.74, 6) is 0.461. The number of nitro groups is 1. The van der Waals surface area contributed by atoms with Gasteiger partial charge in [-0.2, -0.15) is 9.61 Å². The minimum atomic E-state index is -0.454. The molecule has 162 valence electrons. The van der Waals surface area contributed by atoms with Crippen LogP contribution in [0.3, 0.4) is 0 Å². The fraction of sp³-hybridized carbons (Fsp3) is 0.143. The maximum absolute atomic E-state index is 12.5. The molecule has 0 aliphatic rings. The van der Waals surface area contributed by atoms with Gasteiger partial charge in [-0.1, -0.05) is 36.0 Å². The molecule has 0 aliphatic heterocycles. The van der Waals surface area contributed by atoms with Crippen LogP contribution in [-0.4, -0.2) is 43.0 Å². The molecule has 2 heterocycles. The number of rotatable bonds is 8. The molecule has 4 rings (SSSR count). The van der Waals surface area contributed by atoms with Crippen molar-refractivity contribution in [2.45, 2.75) is 12.1 Å². The Morgan fingerprint density at radius 2 is 2.00 bits per heavy atom. The van der Waals surface area contributed by atoms with Gasteiger partial charge < -0.3 is 10.1 Å². The lowest BCUT2D eigenvalue weighted by Gasteiger charge is -2.10. The quantitative estimate of drug-likeness (QED) is 0.244. The molecule has 10 nitrogen and oxygen atoms in total. The van der Waals surface area contributed by atoms with E-state index in [0.29, 0.717) is 40.1 Å². The number of nitro benzene ring substituents is 1. The van der Waals surface area contributed by atoms with Gasteiger partial charge in [0.1, 0.15) is 5.75 Å². The highest BCUT2D eigenvalue weighted by Gasteiger charge is 2.14. The fourth-order valence-corrected chi connectivity index (χ4v) is 3.65. The number of anilines is 1. The lowest BCUT2D eigenvalue weighted by Crippen LogP contribution is -2.15. The Kier molecular flexibility index (Phi) is 6.26. The van der Waals surface area contributed by atoms with Gasteiger partial charge in [0, 0.05) is 17.7 Å². The lowest BCUT2D eigenvalue weighted by atomic mass is 10.1. The molecule has 0 atom stereocenters. The Balaban J connectivity index is 1.51. The number of amides is 1. The van der Waals surface area contributed by atoms with Crippen molar-refractivity contribution in [2.24, 2.45) is 0 Å². The normalized spacial score (nSPS) is 10.8. The molecule has 0 spiro atoms. The van der Waals surface area contributed by atoms with Crippen LogP contribution in [0.4, 0.5) is 11.4 Å². The summed E-state index contributed by atoms with van der Waals surface area (Å²) < 4.78 is 7.04. The highest BCUT2D eigenvalue weighted by atomic mass is 32.2. The number of para-hydroxylation sites is 2. The first-order valence-corrected chi connectivity index (χ1v) is 10.7. The van der Waals surface area contributed by atoms with Crippen LogP contribution in [0.2, 0.25) is 0 Å². The van der Waals surface area contributed by atoms with E-state index in [0.717, 1.165) is 0 Å². The molecule has 1 amide bonds. The number of thioether (sulfide) groups is 1. The summed E-state index contributed by atoms with van der Waals surface area (Å²) in [5, 5.41) is 27.0. The Morgan fingerprint density at radius 3 is 2.81 bits per heavy atom. The topological polar surface area (TPSA) is 125 Å². The summed E-state index contributed by atoms with van der Waals surface area (Å²) >= 11 is 1.18. The Morgan fingerprint density at radius 1 is 1.16 bits per heavy atom. The van der Waals surface area contributed by atoms with Crippen molar-refractivity contribution in [3.8, 4) is 17.0 Å². The average molecular weight is 450 g/mol. The van der Waals surface area contributed by atoms with E-state index in [4.69, 9.17) is 4.74 Å². The van der Waals surface area contributed by atoms with Crippen LogP contribution in [0, 0.1) is 10.1 Å². The molecule has 0 bridgehead atoms. The summed E-state index contributed by atoms with van der Waals surface area (Å²) in [6, 6.07) is 16.9. The van der Waals surface area contributed by atoms with Gasteiger partial charge >= 0.3 is 0 Å². The third-order valence-corrected chi connectivity index (χ3v) is 5.30. The van der Waals surface area contributed by atoms with Gasteiger partial charge in [-0.05, 0) is 31.2 Å². The van der Waals surface area contributed by atoms with Crippen molar-refractivity contribution < 1.29 is 14.5 Å². The number of nitrogens with one attached hydrogen (secondary N) is 1. The van der Waals surface area contributed by atoms with Crippen LogP contribution in [0.1, 0.15) is 6.92 Å². The van der Waals surface area contributed by atoms with E-state index in [2.05, 4.69) is 20.6 Å². The molecule has 2 aromatic heterocycles. The van der Waals surface area contributed by atoms with Gasteiger partial charge in [0.2, 0.25) is 11.1 Å². The second-order valence-electron chi connectivity index (χ2n) is 6.54. The van der Waals surface area contributed by atoms with Gasteiger partial charge in [0.25, 0.3) is 5.69 Å². The molecule has 0 aliphatic carbocycles. The molecule has 0 fully saturated rings. The van der Waals surface area contributed by atoms with Crippen molar-refractivity contribution in [3.05, 3.63) is 70.8 Å². The molecule has 4 aromatic rings. The van der Waals surface area contributed by atoms with E-state index in [9.17, 15) is 14.9 Å². The third-order valence-electron chi connectivity index (χ3n) is 4.38. The molecular weight excluding hydrogens is 432 g/mol. The molecule has 2 aromatic carbocycles. The van der Waals surface area contributed by atoms with Crippen LogP contribution < -0.4 is 10.1 Å². The van der Waals surface area contributed by atoms with Crippen LogP contribution in [-0.2, 0) is 4.79 Å². The first kappa shape index (κ1) is 21.2. The third kappa shape index (κ3) is 4.67. The van der Waals surface area contributed by atoms with Crippen molar-refractivity contribution in [3.63, 3.8) is 0 Å². The van der Waals surface area contributed by atoms with Crippen LogP contribution in [0.5, 0.6) is 5.75 Å². The second kappa shape index (κ2) is 9.43. The second-order valence-corrected chi connectivity index (χ2v) is 7.49. The highest BCUT2D eigenvalue weighted by molar-refractivity contribution is 7.99. The van der Waals surface area contributed by atoms with Gasteiger partial charge in [0.05, 0.1) is 28.7 Å². The van der Waals surface area contributed by atoms with Crippen LogP contribution in [0.15, 0.2) is 65.8 Å². The predicted octanol–water partition coefficient (Wildman–Crippen LogP) is 3.83. The standard InChI is InChI=1S/C21H18N6O4S/c1-2-31-18-9-4-3-8-17(18)22-20(28)13-32-21-24-23-19-11-10-16(25-26(19)21)14-6-5-7-15(12-14)27(29)30/h3-12H,2,13H2,1H3,(H,22,28). The fourth-order valence-electron chi connectivity index (χ4n) is 2.96. The SMILES string of the molecule is CCOc1ccccc1NC(=O)CSc1nnc2ccc(-c3cccc([N+](=O)[O-])c3)nn12. The number of non-ortho nitro benzene ring substituents is 1. The molecule has 0 saturated carbocycles. The Bertz CT molecular complexity index is 1290. The van der Waals surface area contributed by atoms with E-state index in [1.807, 2.05) is 19.1 Å². The zero-order chi connectivity index (χ0) is 22.5. The first-order valence-electron chi connectivity index (χ1n) is 9.67. The lowest BCUT2D eigenvalue weighted by molar-refractivity contribution is -0.384. The maximum Gasteiger partial charge on any atom is 0.270 e. The number of carbonyl (C=O) groups excluding carboxylic acids is 1. The summed E-state index contributed by atoms with van der Waals surface area (Å²) in [7, 11) is 0. The minimum absolute atomic E-state index is 0.0215. The van der Waals surface area contributed by atoms with E-state index in [1.165, 1.54) is 28.4 Å². The average Bonchev–Trinajstić information content (AvgIpc) is 3.21. The summed E-state index contributed by atoms with van der Waals surface area (Å²) in [4.78, 5) is 23.1. The highest BCUT2D eigenvalue weighted by Crippen LogP contribution is 2.26. The van der Waals surface area contributed by atoms with E-state index in [1.54, 1.807) is 36.4 Å². The Hall–Kier alpha value is -3.99. The van der Waals surface area contributed by atoms with Crippen molar-refractivity contribution in [2.75, 3.05) is 17.7 Å². The maximum atomic E-state index is 12.5. The number of nitrogens with zero attached hydrogens (tertiary/aromatic N) is 5. The van der Waals surface area contributed by atoms with Gasteiger partial charge in [0.15, 0.2) is 5.65 Å². The molecule has 1 N–H and O–H groups in total. The number of ether oxygens (including phenoxy) is 1. The zero-order valence-corrected chi connectivity index (χ0v) is 17.8. The molecule has 0 saturated heterocycles. The number of carbonyl (C=O) groups is 1. The monoisotopic (exact) mass is 450 g/mol. The summed E-state index contributed by atoms with van der Waals surface area (Å²) in [5.41, 5.74) is 2.20.